The molecule has 0 radical (unpaired) electrons. The molecule has 0 amide bonds. The van der Waals surface area contributed by atoms with Crippen molar-refractivity contribution in [3.8, 4) is 0 Å². The number of benzene rings is 1. The lowest BCUT2D eigenvalue weighted by Crippen LogP contribution is -2.23. The van der Waals surface area contributed by atoms with Crippen LogP contribution in [0.15, 0.2) is 16.9 Å². The van der Waals surface area contributed by atoms with Gasteiger partial charge in [0.2, 0.25) is 0 Å². The fourth-order valence-electron chi connectivity index (χ4n) is 2.56. The van der Waals surface area contributed by atoms with Crippen LogP contribution in [0.1, 0.15) is 56.2 Å². The van der Waals surface area contributed by atoms with E-state index in [1.54, 1.807) is 12.1 Å². The molecule has 0 saturated heterocycles. The summed E-state index contributed by atoms with van der Waals surface area (Å²) in [4.78, 5) is 19.1. The smallest absolute Gasteiger partial charge is 0.270 e. The Kier molecular flexibility index (Phi) is 2.88. The maximum Gasteiger partial charge on any atom is 0.270 e. The van der Waals surface area contributed by atoms with Gasteiger partial charge in [-0.25, -0.2) is 9.37 Å². The van der Waals surface area contributed by atoms with Crippen LogP contribution in [0.2, 0.25) is 0 Å². The van der Waals surface area contributed by atoms with Crippen molar-refractivity contribution in [1.82, 2.24) is 9.97 Å². The van der Waals surface area contributed by atoms with Gasteiger partial charge in [0, 0.05) is 5.92 Å². The molecule has 0 bridgehead atoms. The van der Waals surface area contributed by atoms with E-state index >= 15 is 0 Å². The number of H-pyrrole nitrogens is 1. The summed E-state index contributed by atoms with van der Waals surface area (Å²) in [5.74, 6) is -0.0162. The molecule has 1 N–H and O–H groups in total. The van der Waals surface area contributed by atoms with Gasteiger partial charge in [0.25, 0.3) is 5.56 Å². The highest BCUT2D eigenvalue weighted by atomic mass is 19.1. The summed E-state index contributed by atoms with van der Waals surface area (Å²) >= 11 is 0. The van der Waals surface area contributed by atoms with Gasteiger partial charge in [-0.1, -0.05) is 26.3 Å². The van der Waals surface area contributed by atoms with Gasteiger partial charge < -0.3 is 4.98 Å². The summed E-state index contributed by atoms with van der Waals surface area (Å²) in [5.41, 5.74) is 1.72. The molecule has 1 aromatic heterocycles. The number of aromatic amines is 1. The first-order chi connectivity index (χ1) is 9.08. The lowest BCUT2D eigenvalue weighted by Gasteiger charge is -2.24. The van der Waals surface area contributed by atoms with Crippen molar-refractivity contribution in [2.24, 2.45) is 0 Å². The third-order valence-corrected chi connectivity index (χ3v) is 3.98. The summed E-state index contributed by atoms with van der Waals surface area (Å²) in [7, 11) is 0. The van der Waals surface area contributed by atoms with Gasteiger partial charge >= 0.3 is 0 Å². The molecule has 1 aliphatic carbocycles. The standard InChI is InChI=1S/C15H17FN2O/c1-8(2)10-6-7-11-14(12(10)16)18-15(19)13(17-11)9-4-3-5-9/h6-9H,3-5H2,1-2H3,(H,18,19). The minimum absolute atomic E-state index is 0.0826. The van der Waals surface area contributed by atoms with Gasteiger partial charge in [-0.15, -0.1) is 0 Å². The van der Waals surface area contributed by atoms with Crippen LogP contribution in [0.25, 0.3) is 11.0 Å². The molecule has 0 atom stereocenters. The van der Waals surface area contributed by atoms with Crippen molar-refractivity contribution in [1.29, 1.82) is 0 Å². The Morgan fingerprint density at radius 2 is 2.11 bits per heavy atom. The number of nitrogens with zero attached hydrogens (tertiary/aromatic N) is 1. The largest absolute Gasteiger partial charge is 0.317 e. The molecule has 3 nitrogen and oxygen atoms in total. The summed E-state index contributed by atoms with van der Waals surface area (Å²) < 4.78 is 14.3. The maximum atomic E-state index is 14.3. The topological polar surface area (TPSA) is 45.8 Å². The second kappa shape index (κ2) is 4.44. The molecular weight excluding hydrogens is 243 g/mol. The van der Waals surface area contributed by atoms with Gasteiger partial charge in [0.1, 0.15) is 11.2 Å². The number of aromatic nitrogens is 2. The third-order valence-electron chi connectivity index (χ3n) is 3.98. The Labute approximate surface area is 110 Å². The van der Waals surface area contributed by atoms with E-state index in [1.165, 1.54) is 0 Å². The van der Waals surface area contributed by atoms with Crippen molar-refractivity contribution in [2.75, 3.05) is 0 Å². The highest BCUT2D eigenvalue weighted by molar-refractivity contribution is 5.76. The number of rotatable bonds is 2. The van der Waals surface area contributed by atoms with E-state index < -0.39 is 0 Å². The molecule has 0 spiro atoms. The molecule has 1 aromatic carbocycles. The van der Waals surface area contributed by atoms with Gasteiger partial charge in [-0.2, -0.15) is 0 Å². The SMILES string of the molecule is CC(C)c1ccc2nc(C3CCC3)c(=O)[nH]c2c1F. The molecular formula is C15H17FN2O. The predicted octanol–water partition coefficient (Wildman–Crippen LogP) is 3.45. The van der Waals surface area contributed by atoms with E-state index in [2.05, 4.69) is 9.97 Å². The molecule has 0 unspecified atom stereocenters. The molecule has 1 heterocycles. The summed E-state index contributed by atoms with van der Waals surface area (Å²) in [5, 5.41) is 0. The monoisotopic (exact) mass is 260 g/mol. The zero-order chi connectivity index (χ0) is 13.6. The van der Waals surface area contributed by atoms with Crippen LogP contribution in [0.5, 0.6) is 0 Å². The molecule has 0 aliphatic heterocycles. The average molecular weight is 260 g/mol. The zero-order valence-electron chi connectivity index (χ0n) is 11.2. The minimum atomic E-state index is -0.350. The molecule has 3 rings (SSSR count). The molecule has 1 fully saturated rings. The summed E-state index contributed by atoms with van der Waals surface area (Å²) in [6.45, 7) is 3.86. The number of halogens is 1. The van der Waals surface area contributed by atoms with Gasteiger partial charge in [-0.05, 0) is 30.4 Å². The van der Waals surface area contributed by atoms with Crippen LogP contribution in [0, 0.1) is 5.82 Å². The van der Waals surface area contributed by atoms with E-state index in [1.807, 2.05) is 13.8 Å². The number of fused-ring (bicyclic) bond motifs is 1. The van der Waals surface area contributed by atoms with Crippen molar-refractivity contribution in [2.45, 2.75) is 44.9 Å². The fraction of sp³-hybridized carbons (Fsp3) is 0.467. The number of hydrogen-bond acceptors (Lipinski definition) is 2. The van der Waals surface area contributed by atoms with Crippen LogP contribution in [-0.2, 0) is 0 Å². The quantitative estimate of drug-likeness (QED) is 0.898. The number of nitrogens with one attached hydrogen (secondary N) is 1. The molecule has 100 valence electrons. The Hall–Kier alpha value is -1.71. The van der Waals surface area contributed by atoms with Crippen molar-refractivity contribution in [3.05, 3.63) is 39.6 Å². The van der Waals surface area contributed by atoms with Crippen molar-refractivity contribution >= 4 is 11.0 Å². The average Bonchev–Trinajstić information content (AvgIpc) is 2.29. The zero-order valence-corrected chi connectivity index (χ0v) is 11.2. The first-order valence-electron chi connectivity index (χ1n) is 6.80. The van der Waals surface area contributed by atoms with Crippen LogP contribution >= 0.6 is 0 Å². The third kappa shape index (κ3) is 1.95. The van der Waals surface area contributed by atoms with E-state index in [-0.39, 0.29) is 28.7 Å². The highest BCUT2D eigenvalue weighted by Gasteiger charge is 2.24. The first kappa shape index (κ1) is 12.3. The molecule has 1 saturated carbocycles. The summed E-state index contributed by atoms with van der Waals surface area (Å²) in [6, 6.07) is 3.56. The van der Waals surface area contributed by atoms with Crippen LogP contribution in [0.4, 0.5) is 4.39 Å². The van der Waals surface area contributed by atoms with Gasteiger partial charge in [0.05, 0.1) is 5.52 Å². The second-order valence-corrected chi connectivity index (χ2v) is 5.60. The maximum absolute atomic E-state index is 14.3. The lowest BCUT2D eigenvalue weighted by atomic mass is 9.83. The van der Waals surface area contributed by atoms with Crippen LogP contribution in [0.3, 0.4) is 0 Å². The minimum Gasteiger partial charge on any atom is -0.317 e. The Morgan fingerprint density at radius 3 is 2.68 bits per heavy atom. The second-order valence-electron chi connectivity index (χ2n) is 5.60. The van der Waals surface area contributed by atoms with Crippen LogP contribution < -0.4 is 5.56 Å². The summed E-state index contributed by atoms with van der Waals surface area (Å²) in [6.07, 6.45) is 3.16. The molecule has 1 aliphatic rings. The Balaban J connectivity index is 2.21. The van der Waals surface area contributed by atoms with E-state index in [0.717, 1.165) is 19.3 Å². The van der Waals surface area contributed by atoms with Crippen molar-refractivity contribution < 1.29 is 4.39 Å². The van der Waals surface area contributed by atoms with Crippen LogP contribution in [-0.4, -0.2) is 9.97 Å². The Bertz CT molecular complexity index is 686. The predicted molar refractivity (Wildman–Crippen MR) is 73.0 cm³/mol. The van der Waals surface area contributed by atoms with E-state index in [9.17, 15) is 9.18 Å². The fourth-order valence-corrected chi connectivity index (χ4v) is 2.56. The van der Waals surface area contributed by atoms with E-state index in [4.69, 9.17) is 0 Å². The molecule has 19 heavy (non-hydrogen) atoms. The highest BCUT2D eigenvalue weighted by Crippen LogP contribution is 2.34. The molecule has 4 heteroatoms. The number of hydrogen-bond donors (Lipinski definition) is 1. The first-order valence-corrected chi connectivity index (χ1v) is 6.80. The normalized spacial score (nSPS) is 16.0. The van der Waals surface area contributed by atoms with Gasteiger partial charge in [0.15, 0.2) is 5.82 Å². The van der Waals surface area contributed by atoms with E-state index in [0.29, 0.717) is 16.8 Å². The van der Waals surface area contributed by atoms with Gasteiger partial charge in [-0.3, -0.25) is 4.79 Å². The van der Waals surface area contributed by atoms with Crippen molar-refractivity contribution in [3.63, 3.8) is 0 Å². The Morgan fingerprint density at radius 1 is 1.37 bits per heavy atom. The molecule has 2 aromatic rings. The lowest BCUT2D eigenvalue weighted by molar-refractivity contribution is 0.408.